The highest BCUT2D eigenvalue weighted by atomic mass is 35.5. The molecule has 26 heavy (non-hydrogen) atoms. The number of pyridine rings is 1. The first-order valence-corrected chi connectivity index (χ1v) is 9.15. The van der Waals surface area contributed by atoms with E-state index in [0.29, 0.717) is 18.2 Å². The SMILES string of the molecule is Cc1ccc(NC(=S)N(Cc2ccc(Cl)cc2)Cc2cccnc2)cc1. The van der Waals surface area contributed by atoms with Gasteiger partial charge in [0.15, 0.2) is 5.11 Å². The summed E-state index contributed by atoms with van der Waals surface area (Å²) in [7, 11) is 0. The Morgan fingerprint density at radius 2 is 1.69 bits per heavy atom. The van der Waals surface area contributed by atoms with Gasteiger partial charge in [0.05, 0.1) is 0 Å². The second-order valence-electron chi connectivity index (χ2n) is 6.14. The minimum absolute atomic E-state index is 0.674. The molecule has 0 bridgehead atoms. The van der Waals surface area contributed by atoms with Gasteiger partial charge in [0, 0.05) is 36.2 Å². The summed E-state index contributed by atoms with van der Waals surface area (Å²) in [4.78, 5) is 6.32. The van der Waals surface area contributed by atoms with Crippen LogP contribution in [0.3, 0.4) is 0 Å². The average molecular weight is 382 g/mol. The molecule has 2 aromatic carbocycles. The Hall–Kier alpha value is -2.43. The molecule has 0 aliphatic rings. The van der Waals surface area contributed by atoms with E-state index in [0.717, 1.165) is 21.8 Å². The molecule has 0 fully saturated rings. The number of nitrogens with zero attached hydrogens (tertiary/aromatic N) is 2. The lowest BCUT2D eigenvalue weighted by Gasteiger charge is -2.26. The highest BCUT2D eigenvalue weighted by Gasteiger charge is 2.12. The van der Waals surface area contributed by atoms with Crippen molar-refractivity contribution < 1.29 is 0 Å². The molecule has 3 nitrogen and oxygen atoms in total. The van der Waals surface area contributed by atoms with Crippen molar-refractivity contribution in [3.05, 3.63) is 94.8 Å². The van der Waals surface area contributed by atoms with E-state index in [1.54, 1.807) is 6.20 Å². The fourth-order valence-corrected chi connectivity index (χ4v) is 2.93. The molecule has 0 radical (unpaired) electrons. The number of aromatic nitrogens is 1. The average Bonchev–Trinajstić information content (AvgIpc) is 2.65. The smallest absolute Gasteiger partial charge is 0.174 e. The van der Waals surface area contributed by atoms with E-state index in [-0.39, 0.29) is 0 Å². The van der Waals surface area contributed by atoms with Crippen molar-refractivity contribution in [2.45, 2.75) is 20.0 Å². The van der Waals surface area contributed by atoms with E-state index in [1.165, 1.54) is 5.56 Å². The molecule has 0 atom stereocenters. The number of benzene rings is 2. The summed E-state index contributed by atoms with van der Waals surface area (Å²) in [5.74, 6) is 0. The Morgan fingerprint density at radius 1 is 1.00 bits per heavy atom. The van der Waals surface area contributed by atoms with Crippen LogP contribution in [0.15, 0.2) is 73.1 Å². The summed E-state index contributed by atoms with van der Waals surface area (Å²) >= 11 is 11.7. The maximum atomic E-state index is 6.00. The van der Waals surface area contributed by atoms with Gasteiger partial charge in [-0.3, -0.25) is 4.98 Å². The van der Waals surface area contributed by atoms with E-state index in [2.05, 4.69) is 40.3 Å². The summed E-state index contributed by atoms with van der Waals surface area (Å²) in [5, 5.41) is 4.74. The molecular weight excluding hydrogens is 362 g/mol. The molecule has 0 saturated heterocycles. The first-order chi connectivity index (χ1) is 12.6. The van der Waals surface area contributed by atoms with Crippen LogP contribution in [-0.2, 0) is 13.1 Å². The Bertz CT molecular complexity index is 849. The van der Waals surface area contributed by atoms with Crippen LogP contribution in [0.4, 0.5) is 5.69 Å². The topological polar surface area (TPSA) is 28.2 Å². The summed E-state index contributed by atoms with van der Waals surface area (Å²) in [5.41, 5.74) is 4.45. The van der Waals surface area contributed by atoms with Gasteiger partial charge in [-0.2, -0.15) is 0 Å². The predicted molar refractivity (Wildman–Crippen MR) is 112 cm³/mol. The molecule has 1 heterocycles. The van der Waals surface area contributed by atoms with Gasteiger partial charge in [-0.05, 0) is 60.6 Å². The summed E-state index contributed by atoms with van der Waals surface area (Å²) in [6.45, 7) is 3.43. The molecule has 0 aliphatic heterocycles. The molecule has 0 spiro atoms. The summed E-state index contributed by atoms with van der Waals surface area (Å²) in [6.07, 6.45) is 3.64. The number of rotatable bonds is 5. The second-order valence-corrected chi connectivity index (χ2v) is 6.96. The molecule has 1 N–H and O–H groups in total. The maximum Gasteiger partial charge on any atom is 0.174 e. The lowest BCUT2D eigenvalue weighted by molar-refractivity contribution is 0.412. The molecule has 3 aromatic rings. The number of anilines is 1. The zero-order valence-electron chi connectivity index (χ0n) is 14.5. The first kappa shape index (κ1) is 18.4. The monoisotopic (exact) mass is 381 g/mol. The van der Waals surface area contributed by atoms with Crippen molar-refractivity contribution in [3.63, 3.8) is 0 Å². The Labute approximate surface area is 164 Å². The zero-order chi connectivity index (χ0) is 18.4. The highest BCUT2D eigenvalue weighted by Crippen LogP contribution is 2.16. The van der Waals surface area contributed by atoms with Gasteiger partial charge in [0.1, 0.15) is 0 Å². The molecule has 0 aliphatic carbocycles. The van der Waals surface area contributed by atoms with Crippen molar-refractivity contribution >= 4 is 34.6 Å². The summed E-state index contributed by atoms with van der Waals surface area (Å²) < 4.78 is 0. The predicted octanol–water partition coefficient (Wildman–Crippen LogP) is 5.44. The van der Waals surface area contributed by atoms with Crippen molar-refractivity contribution in [2.24, 2.45) is 0 Å². The quantitative estimate of drug-likeness (QED) is 0.595. The van der Waals surface area contributed by atoms with Crippen LogP contribution in [-0.4, -0.2) is 15.0 Å². The molecule has 3 rings (SSSR count). The van der Waals surface area contributed by atoms with Gasteiger partial charge in [0.2, 0.25) is 0 Å². The van der Waals surface area contributed by atoms with Crippen LogP contribution in [0, 0.1) is 6.92 Å². The van der Waals surface area contributed by atoms with Gasteiger partial charge in [-0.1, -0.05) is 47.5 Å². The Morgan fingerprint density at radius 3 is 2.35 bits per heavy atom. The fourth-order valence-electron chi connectivity index (χ4n) is 2.56. The molecule has 0 saturated carbocycles. The maximum absolute atomic E-state index is 6.00. The summed E-state index contributed by atoms with van der Waals surface area (Å²) in [6, 6.07) is 20.0. The number of halogens is 1. The molecular formula is C21H20ClN3S. The number of thiocarbonyl (C=S) groups is 1. The van der Waals surface area contributed by atoms with E-state index in [1.807, 2.05) is 48.7 Å². The van der Waals surface area contributed by atoms with E-state index < -0.39 is 0 Å². The standard InChI is InChI=1S/C21H20ClN3S/c1-16-4-10-20(11-5-16)24-21(26)25(15-18-3-2-12-23-13-18)14-17-6-8-19(22)9-7-17/h2-13H,14-15H2,1H3,(H,24,26). The third-order valence-electron chi connectivity index (χ3n) is 3.97. The third kappa shape index (κ3) is 5.28. The number of hydrogen-bond donors (Lipinski definition) is 1. The van der Waals surface area contributed by atoms with Crippen LogP contribution < -0.4 is 5.32 Å². The molecule has 0 unspecified atom stereocenters. The van der Waals surface area contributed by atoms with Gasteiger partial charge >= 0.3 is 0 Å². The van der Waals surface area contributed by atoms with Crippen LogP contribution in [0.1, 0.15) is 16.7 Å². The molecule has 5 heteroatoms. The second kappa shape index (κ2) is 8.79. The van der Waals surface area contributed by atoms with Gasteiger partial charge < -0.3 is 10.2 Å². The van der Waals surface area contributed by atoms with E-state index in [4.69, 9.17) is 23.8 Å². The highest BCUT2D eigenvalue weighted by molar-refractivity contribution is 7.80. The molecule has 0 amide bonds. The lowest BCUT2D eigenvalue weighted by Crippen LogP contribution is -2.33. The number of aryl methyl sites for hydroxylation is 1. The Kier molecular flexibility index (Phi) is 6.21. The number of hydrogen-bond acceptors (Lipinski definition) is 2. The normalized spacial score (nSPS) is 10.4. The van der Waals surface area contributed by atoms with Crippen LogP contribution >= 0.6 is 23.8 Å². The Balaban J connectivity index is 1.77. The third-order valence-corrected chi connectivity index (χ3v) is 4.59. The fraction of sp³-hybridized carbons (Fsp3) is 0.143. The van der Waals surface area contributed by atoms with Crippen molar-refractivity contribution in [3.8, 4) is 0 Å². The van der Waals surface area contributed by atoms with E-state index in [9.17, 15) is 0 Å². The van der Waals surface area contributed by atoms with Gasteiger partial charge in [-0.15, -0.1) is 0 Å². The van der Waals surface area contributed by atoms with Crippen molar-refractivity contribution in [2.75, 3.05) is 5.32 Å². The lowest BCUT2D eigenvalue weighted by atomic mass is 10.2. The molecule has 132 valence electrons. The van der Waals surface area contributed by atoms with Crippen LogP contribution in [0.5, 0.6) is 0 Å². The van der Waals surface area contributed by atoms with Crippen molar-refractivity contribution in [1.82, 2.24) is 9.88 Å². The van der Waals surface area contributed by atoms with Crippen LogP contribution in [0.25, 0.3) is 0 Å². The van der Waals surface area contributed by atoms with Crippen LogP contribution in [0.2, 0.25) is 5.02 Å². The minimum Gasteiger partial charge on any atom is -0.340 e. The zero-order valence-corrected chi connectivity index (χ0v) is 16.1. The van der Waals surface area contributed by atoms with E-state index >= 15 is 0 Å². The molecule has 1 aromatic heterocycles. The minimum atomic E-state index is 0.674. The number of nitrogens with one attached hydrogen (secondary N) is 1. The van der Waals surface area contributed by atoms with Gasteiger partial charge in [-0.25, -0.2) is 0 Å². The van der Waals surface area contributed by atoms with Crippen molar-refractivity contribution in [1.29, 1.82) is 0 Å². The first-order valence-electron chi connectivity index (χ1n) is 8.36. The van der Waals surface area contributed by atoms with Gasteiger partial charge in [0.25, 0.3) is 0 Å². The largest absolute Gasteiger partial charge is 0.340 e.